The van der Waals surface area contributed by atoms with E-state index in [1.807, 2.05) is 13.0 Å². The van der Waals surface area contributed by atoms with E-state index in [1.165, 1.54) is 11.0 Å². The molecule has 39 heavy (non-hydrogen) atoms. The number of rotatable bonds is 4. The molecule has 3 aromatic rings. The zero-order valence-electron chi connectivity index (χ0n) is 20.3. The van der Waals surface area contributed by atoms with E-state index in [4.69, 9.17) is 16.3 Å². The third-order valence-electron chi connectivity index (χ3n) is 6.65. The summed E-state index contributed by atoms with van der Waals surface area (Å²) in [5.41, 5.74) is 2.92. The number of hydrogen-bond acceptors (Lipinski definition) is 5. The number of amides is 3. The lowest BCUT2D eigenvalue weighted by atomic mass is 10.1. The van der Waals surface area contributed by atoms with Gasteiger partial charge in [-0.15, -0.1) is 0 Å². The number of anilines is 2. The van der Waals surface area contributed by atoms with E-state index in [0.29, 0.717) is 39.9 Å². The van der Waals surface area contributed by atoms with Gasteiger partial charge in [0, 0.05) is 41.6 Å². The van der Waals surface area contributed by atoms with E-state index in [0.717, 1.165) is 10.5 Å². The lowest BCUT2D eigenvalue weighted by molar-refractivity contribution is -0.139. The van der Waals surface area contributed by atoms with Crippen molar-refractivity contribution < 1.29 is 23.9 Å². The van der Waals surface area contributed by atoms with Gasteiger partial charge in [-0.1, -0.05) is 17.7 Å². The summed E-state index contributed by atoms with van der Waals surface area (Å²) in [7, 11) is 0. The molecular weight excluding hydrogens is 787 g/mol. The maximum absolute atomic E-state index is 13.3. The Kier molecular flexibility index (Phi) is 7.84. The largest absolute Gasteiger partial charge is 0.426 e. The van der Waals surface area contributed by atoms with E-state index in [9.17, 15) is 19.2 Å². The van der Waals surface area contributed by atoms with Gasteiger partial charge < -0.3 is 9.64 Å². The number of hydrogen-bond donors (Lipinski definition) is 0. The zero-order valence-corrected chi connectivity index (χ0v) is 27.4. The fourth-order valence-electron chi connectivity index (χ4n) is 4.57. The molecule has 5 rings (SSSR count). The maximum Gasteiger partial charge on any atom is 0.316 e. The van der Waals surface area contributed by atoms with Crippen LogP contribution in [0.4, 0.5) is 11.4 Å². The summed E-state index contributed by atoms with van der Waals surface area (Å²) in [6, 6.07) is 9.99. The van der Waals surface area contributed by atoms with Crippen LogP contribution >= 0.6 is 75.3 Å². The van der Waals surface area contributed by atoms with E-state index in [2.05, 4.69) is 63.7 Å². The van der Waals surface area contributed by atoms with Crippen molar-refractivity contribution in [1.29, 1.82) is 0 Å². The molecule has 0 unspecified atom stereocenters. The fourth-order valence-corrected chi connectivity index (χ4v) is 7.21. The highest BCUT2D eigenvalue weighted by atomic mass is 79.9. The summed E-state index contributed by atoms with van der Waals surface area (Å²) in [6.07, 6.45) is 0.0192. The van der Waals surface area contributed by atoms with Gasteiger partial charge in [0.15, 0.2) is 0 Å². The van der Waals surface area contributed by atoms with Crippen molar-refractivity contribution >= 4 is 110 Å². The molecule has 2 heterocycles. The predicted molar refractivity (Wildman–Crippen MR) is 162 cm³/mol. The zero-order chi connectivity index (χ0) is 28.3. The molecule has 0 spiro atoms. The van der Waals surface area contributed by atoms with Crippen molar-refractivity contribution in [1.82, 2.24) is 0 Å². The monoisotopic (exact) mass is 800 g/mol. The second-order valence-electron chi connectivity index (χ2n) is 9.16. The Morgan fingerprint density at radius 3 is 2.05 bits per heavy atom. The van der Waals surface area contributed by atoms with E-state index >= 15 is 0 Å². The molecule has 1 fully saturated rings. The van der Waals surface area contributed by atoms with Crippen LogP contribution in [0, 0.1) is 19.8 Å². The van der Waals surface area contributed by atoms with Gasteiger partial charge in [0.2, 0.25) is 5.91 Å². The minimum atomic E-state index is -0.652. The Bertz CT molecular complexity index is 1580. The van der Waals surface area contributed by atoms with Crippen LogP contribution in [0.25, 0.3) is 0 Å². The minimum Gasteiger partial charge on any atom is -0.426 e. The lowest BCUT2D eigenvalue weighted by Crippen LogP contribution is -2.30. The number of nitrogens with zero attached hydrogens (tertiary/aromatic N) is 2. The van der Waals surface area contributed by atoms with Crippen molar-refractivity contribution in [2.24, 2.45) is 5.92 Å². The first-order chi connectivity index (χ1) is 18.4. The first-order valence-corrected chi connectivity index (χ1v) is 15.1. The van der Waals surface area contributed by atoms with Crippen molar-refractivity contribution in [3.05, 3.63) is 81.6 Å². The molecule has 3 amide bonds. The Balaban J connectivity index is 1.34. The Hall–Kier alpha value is -2.05. The van der Waals surface area contributed by atoms with Crippen LogP contribution in [0.2, 0.25) is 5.02 Å². The topological polar surface area (TPSA) is 84.0 Å². The summed E-state index contributed by atoms with van der Waals surface area (Å²) >= 11 is 19.9. The molecule has 0 bridgehead atoms. The Morgan fingerprint density at radius 1 is 0.872 bits per heavy atom. The summed E-state index contributed by atoms with van der Waals surface area (Å²) in [5.74, 6) is -2.10. The second kappa shape index (κ2) is 10.7. The lowest BCUT2D eigenvalue weighted by Gasteiger charge is -2.18. The standard InChI is InChI=1S/C27H17Br4ClN2O5/c1-11-3-4-14(9-16(11)32)33-10-13(8-18(33)35)27(38)39-15-5-6-17(12(2)7-15)34-25(36)19-20(26(34)37)22(29)24(31)23(30)21(19)28/h3-7,9,13H,8,10H2,1-2H3/t13-/m1/s1. The molecule has 2 aliphatic rings. The van der Waals surface area contributed by atoms with Gasteiger partial charge in [0.05, 0.1) is 22.7 Å². The van der Waals surface area contributed by atoms with Gasteiger partial charge in [-0.2, -0.15) is 0 Å². The smallest absolute Gasteiger partial charge is 0.316 e. The number of benzene rings is 3. The normalized spacial score (nSPS) is 16.8. The van der Waals surface area contributed by atoms with Gasteiger partial charge >= 0.3 is 5.97 Å². The maximum atomic E-state index is 13.3. The highest BCUT2D eigenvalue weighted by Gasteiger charge is 2.42. The Morgan fingerprint density at radius 2 is 1.49 bits per heavy atom. The second-order valence-corrected chi connectivity index (χ2v) is 12.7. The molecule has 2 aliphatic heterocycles. The molecule has 0 aliphatic carbocycles. The first-order valence-electron chi connectivity index (χ1n) is 11.5. The number of ether oxygens (including phenoxy) is 1. The van der Waals surface area contributed by atoms with Crippen LogP contribution in [0.1, 0.15) is 38.3 Å². The fraction of sp³-hybridized carbons (Fsp3) is 0.185. The molecule has 200 valence electrons. The van der Waals surface area contributed by atoms with Crippen LogP contribution < -0.4 is 14.5 Å². The summed E-state index contributed by atoms with van der Waals surface area (Å²) in [4.78, 5) is 54.9. The molecule has 12 heteroatoms. The van der Waals surface area contributed by atoms with Crippen LogP contribution in [0.15, 0.2) is 54.3 Å². The van der Waals surface area contributed by atoms with E-state index in [-0.39, 0.29) is 35.7 Å². The van der Waals surface area contributed by atoms with Gasteiger partial charge in [-0.3, -0.25) is 19.2 Å². The van der Waals surface area contributed by atoms with Gasteiger partial charge in [0.1, 0.15) is 5.75 Å². The van der Waals surface area contributed by atoms with E-state index < -0.39 is 23.7 Å². The van der Waals surface area contributed by atoms with Crippen molar-refractivity contribution in [3.8, 4) is 5.75 Å². The third kappa shape index (κ3) is 4.90. The number of fused-ring (bicyclic) bond motifs is 1. The summed E-state index contributed by atoms with van der Waals surface area (Å²) in [6.45, 7) is 3.77. The molecule has 0 N–H and O–H groups in total. The number of aryl methyl sites for hydroxylation is 2. The average molecular weight is 805 g/mol. The summed E-state index contributed by atoms with van der Waals surface area (Å²) in [5, 5.41) is 0.542. The van der Waals surface area contributed by atoms with Crippen LogP contribution in [-0.4, -0.2) is 30.2 Å². The molecule has 1 saturated heterocycles. The minimum absolute atomic E-state index is 0.0192. The SMILES string of the molecule is Cc1ccc(N2C[C@H](C(=O)Oc3ccc(N4C(=O)c5c(Br)c(Br)c(Br)c(Br)c5C4=O)c(C)c3)CC2=O)cc1Cl. The highest BCUT2D eigenvalue weighted by Crippen LogP contribution is 2.46. The molecule has 0 aromatic heterocycles. The van der Waals surface area contributed by atoms with Crippen molar-refractivity contribution in [3.63, 3.8) is 0 Å². The molecule has 1 atom stereocenters. The average Bonchev–Trinajstić information content (AvgIpc) is 3.40. The highest BCUT2D eigenvalue weighted by molar-refractivity contribution is 9.15. The van der Waals surface area contributed by atoms with Gasteiger partial charge in [0.25, 0.3) is 11.8 Å². The van der Waals surface area contributed by atoms with Crippen molar-refractivity contribution in [2.75, 3.05) is 16.3 Å². The van der Waals surface area contributed by atoms with Gasteiger partial charge in [-0.05, 0) is 119 Å². The number of carbonyl (C=O) groups is 4. The quantitative estimate of drug-likeness (QED) is 0.0886. The first kappa shape index (κ1) is 28.5. The third-order valence-corrected chi connectivity index (χ3v) is 11.8. The predicted octanol–water partition coefficient (Wildman–Crippen LogP) is 7.77. The molecule has 0 saturated carbocycles. The Labute approximate surface area is 262 Å². The van der Waals surface area contributed by atoms with Crippen molar-refractivity contribution in [2.45, 2.75) is 20.3 Å². The molecular formula is C27H17Br4ClN2O5. The van der Waals surface area contributed by atoms with Gasteiger partial charge in [-0.25, -0.2) is 4.90 Å². The molecule has 3 aromatic carbocycles. The number of esters is 1. The molecule has 0 radical (unpaired) electrons. The van der Waals surface area contributed by atoms with E-state index in [1.54, 1.807) is 31.2 Å². The van der Waals surface area contributed by atoms with Crippen LogP contribution in [0.3, 0.4) is 0 Å². The number of halogens is 5. The van der Waals surface area contributed by atoms with Crippen LogP contribution in [-0.2, 0) is 9.59 Å². The number of imide groups is 1. The number of carbonyl (C=O) groups excluding carboxylic acids is 4. The molecule has 7 nitrogen and oxygen atoms in total. The summed E-state index contributed by atoms with van der Waals surface area (Å²) < 4.78 is 7.73. The van der Waals surface area contributed by atoms with Crippen LogP contribution in [0.5, 0.6) is 5.75 Å².